The van der Waals surface area contributed by atoms with Crippen molar-refractivity contribution in [2.24, 2.45) is 12.8 Å². The zero-order valence-electron chi connectivity index (χ0n) is 10.3. The number of carboxylic acids is 1. The summed E-state index contributed by atoms with van der Waals surface area (Å²) in [5, 5.41) is 10.5. The largest absolute Gasteiger partial charge is 0.480 e. The van der Waals surface area contributed by atoms with E-state index in [9.17, 15) is 4.79 Å². The number of aromatic nitrogens is 1. The Hall–Kier alpha value is -1.52. The first kappa shape index (κ1) is 12.9. The summed E-state index contributed by atoms with van der Waals surface area (Å²) in [7, 11) is 1.92. The number of carbonyl (C=O) groups is 1. The Kier molecular flexibility index (Phi) is 3.32. The molecule has 1 unspecified atom stereocenters. The molecule has 0 saturated heterocycles. The lowest BCUT2D eigenvalue weighted by atomic mass is 10.0. The molecule has 0 fully saturated rings. The van der Waals surface area contributed by atoms with Gasteiger partial charge in [0.25, 0.3) is 0 Å². The van der Waals surface area contributed by atoms with Crippen molar-refractivity contribution in [1.29, 1.82) is 0 Å². The van der Waals surface area contributed by atoms with Crippen molar-refractivity contribution in [2.45, 2.75) is 19.4 Å². The second-order valence-corrected chi connectivity index (χ2v) is 4.82. The molecule has 18 heavy (non-hydrogen) atoms. The number of aliphatic carboxylic acids is 1. The second kappa shape index (κ2) is 4.63. The summed E-state index contributed by atoms with van der Waals surface area (Å²) in [5.74, 6) is -0.992. The van der Waals surface area contributed by atoms with Crippen LogP contribution in [0.2, 0.25) is 5.02 Å². The van der Waals surface area contributed by atoms with Gasteiger partial charge in [-0.25, -0.2) is 0 Å². The highest BCUT2D eigenvalue weighted by molar-refractivity contribution is 6.35. The van der Waals surface area contributed by atoms with Gasteiger partial charge in [-0.05, 0) is 18.6 Å². The zero-order valence-corrected chi connectivity index (χ0v) is 11.0. The van der Waals surface area contributed by atoms with Crippen molar-refractivity contribution in [3.63, 3.8) is 0 Å². The first-order chi connectivity index (χ1) is 8.43. The average Bonchev–Trinajstić information content (AvgIpc) is 2.55. The number of halogens is 1. The predicted octanol–water partition coefficient (Wildman–Crippen LogP) is 2.09. The van der Waals surface area contributed by atoms with Crippen molar-refractivity contribution < 1.29 is 9.90 Å². The second-order valence-electron chi connectivity index (χ2n) is 4.41. The fraction of sp³-hybridized carbons (Fsp3) is 0.308. The Morgan fingerprint density at radius 3 is 2.83 bits per heavy atom. The predicted molar refractivity (Wildman–Crippen MR) is 72.0 cm³/mol. The van der Waals surface area contributed by atoms with Crippen molar-refractivity contribution in [3.05, 3.63) is 34.5 Å². The fourth-order valence-corrected chi connectivity index (χ4v) is 2.53. The average molecular weight is 267 g/mol. The molecule has 2 aromatic rings. The number of carboxylic acid groups (broad SMARTS) is 1. The summed E-state index contributed by atoms with van der Waals surface area (Å²) in [6.45, 7) is 1.94. The van der Waals surface area contributed by atoms with E-state index in [1.807, 2.05) is 36.7 Å². The number of hydrogen-bond donors (Lipinski definition) is 2. The van der Waals surface area contributed by atoms with Gasteiger partial charge in [0.2, 0.25) is 0 Å². The van der Waals surface area contributed by atoms with Crippen LogP contribution >= 0.6 is 11.6 Å². The third kappa shape index (κ3) is 1.98. The van der Waals surface area contributed by atoms with E-state index in [1.165, 1.54) is 0 Å². The van der Waals surface area contributed by atoms with Gasteiger partial charge in [-0.3, -0.25) is 4.79 Å². The van der Waals surface area contributed by atoms with Crippen LogP contribution in [0, 0.1) is 6.92 Å². The van der Waals surface area contributed by atoms with Gasteiger partial charge in [0, 0.05) is 24.5 Å². The first-order valence-electron chi connectivity index (χ1n) is 5.64. The molecular formula is C13H15ClN2O2. The van der Waals surface area contributed by atoms with E-state index >= 15 is 0 Å². The Morgan fingerprint density at radius 2 is 2.22 bits per heavy atom. The lowest BCUT2D eigenvalue weighted by Gasteiger charge is -2.06. The number of benzene rings is 1. The van der Waals surface area contributed by atoms with Gasteiger partial charge in [-0.1, -0.05) is 23.7 Å². The maximum absolute atomic E-state index is 10.9. The van der Waals surface area contributed by atoms with Gasteiger partial charge in [0.15, 0.2) is 0 Å². The number of aryl methyl sites for hydroxylation is 1. The van der Waals surface area contributed by atoms with E-state index in [4.69, 9.17) is 22.4 Å². The molecule has 1 aromatic heterocycles. The van der Waals surface area contributed by atoms with Crippen LogP contribution in [0.1, 0.15) is 11.3 Å². The van der Waals surface area contributed by atoms with Crippen LogP contribution in [0.4, 0.5) is 0 Å². The minimum absolute atomic E-state index is 0.304. The highest BCUT2D eigenvalue weighted by Crippen LogP contribution is 2.30. The molecule has 1 aromatic carbocycles. The Bertz CT molecular complexity index is 619. The fourth-order valence-electron chi connectivity index (χ4n) is 2.23. The molecule has 3 N–H and O–H groups in total. The van der Waals surface area contributed by atoms with E-state index in [2.05, 4.69) is 0 Å². The monoisotopic (exact) mass is 266 g/mol. The van der Waals surface area contributed by atoms with E-state index in [1.54, 1.807) is 0 Å². The maximum atomic E-state index is 10.9. The van der Waals surface area contributed by atoms with Crippen molar-refractivity contribution >= 4 is 28.5 Å². The van der Waals surface area contributed by atoms with E-state index in [0.29, 0.717) is 11.4 Å². The molecule has 5 heteroatoms. The smallest absolute Gasteiger partial charge is 0.320 e. The summed E-state index contributed by atoms with van der Waals surface area (Å²) in [6, 6.07) is 4.73. The zero-order chi connectivity index (χ0) is 13.4. The minimum atomic E-state index is -0.992. The van der Waals surface area contributed by atoms with Crippen LogP contribution in [-0.4, -0.2) is 21.7 Å². The molecule has 96 valence electrons. The van der Waals surface area contributed by atoms with Crippen LogP contribution < -0.4 is 5.73 Å². The van der Waals surface area contributed by atoms with Gasteiger partial charge >= 0.3 is 5.97 Å². The van der Waals surface area contributed by atoms with Gasteiger partial charge in [-0.2, -0.15) is 0 Å². The number of nitrogens with zero attached hydrogens (tertiary/aromatic N) is 1. The minimum Gasteiger partial charge on any atom is -0.480 e. The van der Waals surface area contributed by atoms with Crippen molar-refractivity contribution in [1.82, 2.24) is 4.57 Å². The molecule has 0 aliphatic rings. The van der Waals surface area contributed by atoms with Crippen molar-refractivity contribution in [3.8, 4) is 0 Å². The van der Waals surface area contributed by atoms with Crippen LogP contribution in [0.5, 0.6) is 0 Å². The molecule has 0 amide bonds. The summed E-state index contributed by atoms with van der Waals surface area (Å²) in [5.41, 5.74) is 8.48. The first-order valence-corrected chi connectivity index (χ1v) is 6.02. The molecule has 0 saturated carbocycles. The lowest BCUT2D eigenvalue weighted by Crippen LogP contribution is -2.32. The standard InChI is InChI=1S/C13H15ClN2O2/c1-7-9(6-11(15)13(17)18)8-4-3-5-10(14)12(8)16(7)2/h3-5,11H,6,15H2,1-2H3,(H,17,18). The Labute approximate surface area is 110 Å². The maximum Gasteiger partial charge on any atom is 0.320 e. The van der Waals surface area contributed by atoms with E-state index < -0.39 is 12.0 Å². The lowest BCUT2D eigenvalue weighted by molar-refractivity contribution is -0.138. The molecule has 0 spiro atoms. The Morgan fingerprint density at radius 1 is 1.56 bits per heavy atom. The van der Waals surface area contributed by atoms with Crippen molar-refractivity contribution in [2.75, 3.05) is 0 Å². The molecule has 1 atom stereocenters. The molecular weight excluding hydrogens is 252 g/mol. The highest BCUT2D eigenvalue weighted by Gasteiger charge is 2.19. The van der Waals surface area contributed by atoms with E-state index in [0.717, 1.165) is 22.2 Å². The van der Waals surface area contributed by atoms with Gasteiger partial charge in [0.1, 0.15) is 6.04 Å². The van der Waals surface area contributed by atoms with Gasteiger partial charge < -0.3 is 15.4 Å². The quantitative estimate of drug-likeness (QED) is 0.894. The van der Waals surface area contributed by atoms with Gasteiger partial charge in [0.05, 0.1) is 10.5 Å². The number of para-hydroxylation sites is 1. The molecule has 0 radical (unpaired) electrons. The topological polar surface area (TPSA) is 68.2 Å². The number of nitrogens with two attached hydrogens (primary N) is 1. The summed E-state index contributed by atoms with van der Waals surface area (Å²) in [4.78, 5) is 10.9. The van der Waals surface area contributed by atoms with Crippen LogP contribution in [0.15, 0.2) is 18.2 Å². The summed E-state index contributed by atoms with van der Waals surface area (Å²) in [6.07, 6.45) is 0.304. The van der Waals surface area contributed by atoms with Crippen LogP contribution in [0.25, 0.3) is 10.9 Å². The summed E-state index contributed by atoms with van der Waals surface area (Å²) >= 11 is 6.18. The normalized spacial score (nSPS) is 12.9. The third-order valence-electron chi connectivity index (χ3n) is 3.33. The third-order valence-corrected chi connectivity index (χ3v) is 3.63. The molecule has 2 rings (SSSR count). The molecule has 1 heterocycles. The molecule has 0 bridgehead atoms. The molecule has 4 nitrogen and oxygen atoms in total. The number of fused-ring (bicyclic) bond motifs is 1. The number of hydrogen-bond acceptors (Lipinski definition) is 2. The van der Waals surface area contributed by atoms with Crippen LogP contribution in [-0.2, 0) is 18.3 Å². The molecule has 0 aliphatic heterocycles. The highest BCUT2D eigenvalue weighted by atomic mass is 35.5. The number of rotatable bonds is 3. The van der Waals surface area contributed by atoms with E-state index in [-0.39, 0.29) is 0 Å². The SMILES string of the molecule is Cc1c(CC(N)C(=O)O)c2cccc(Cl)c2n1C. The van der Waals surface area contributed by atoms with Gasteiger partial charge in [-0.15, -0.1) is 0 Å². The summed E-state index contributed by atoms with van der Waals surface area (Å²) < 4.78 is 1.97. The van der Waals surface area contributed by atoms with Crippen LogP contribution in [0.3, 0.4) is 0 Å². The molecule has 0 aliphatic carbocycles. The Balaban J connectivity index is 2.61.